The number of rotatable bonds is 8. The lowest BCUT2D eigenvalue weighted by Crippen LogP contribution is -2.42. The highest BCUT2D eigenvalue weighted by Gasteiger charge is 2.30. The van der Waals surface area contributed by atoms with E-state index in [-0.39, 0.29) is 12.1 Å². The van der Waals surface area contributed by atoms with Crippen molar-refractivity contribution in [1.29, 1.82) is 5.41 Å². The molecule has 1 unspecified atom stereocenters. The Morgan fingerprint density at radius 1 is 1.27 bits per heavy atom. The molecule has 2 aliphatic rings. The first-order chi connectivity index (χ1) is 14.7. The van der Waals surface area contributed by atoms with Crippen molar-refractivity contribution in [2.45, 2.75) is 44.3 Å². The van der Waals surface area contributed by atoms with Gasteiger partial charge >= 0.3 is 0 Å². The third-order valence-corrected chi connectivity index (χ3v) is 5.66. The molecule has 0 spiro atoms. The van der Waals surface area contributed by atoms with Crippen LogP contribution < -0.4 is 21.8 Å². The Morgan fingerprint density at radius 2 is 2.07 bits per heavy atom. The molecule has 1 aliphatic carbocycles. The fraction of sp³-hybridized carbons (Fsp3) is 0.409. The van der Waals surface area contributed by atoms with Gasteiger partial charge in [0, 0.05) is 19.0 Å². The van der Waals surface area contributed by atoms with E-state index in [0.717, 1.165) is 50.1 Å². The number of nitrogens with one attached hydrogen (secondary N) is 4. The summed E-state index contributed by atoms with van der Waals surface area (Å²) in [5.74, 6) is -0.143. The molecule has 6 N–H and O–H groups in total. The number of nitrogens with two attached hydrogens (primary N) is 1. The Labute approximate surface area is 177 Å². The normalized spacial score (nSPS) is 18.0. The number of aromatic nitrogens is 1. The first kappa shape index (κ1) is 20.2. The van der Waals surface area contributed by atoms with Crippen molar-refractivity contribution in [3.63, 3.8) is 0 Å². The van der Waals surface area contributed by atoms with Crippen LogP contribution in [-0.4, -0.2) is 41.3 Å². The molecule has 1 atom stereocenters. The van der Waals surface area contributed by atoms with Gasteiger partial charge in [-0.2, -0.15) is 5.10 Å². The number of anilines is 2. The van der Waals surface area contributed by atoms with Gasteiger partial charge in [0.05, 0.1) is 23.1 Å². The van der Waals surface area contributed by atoms with E-state index in [4.69, 9.17) is 16.1 Å². The molecule has 0 saturated heterocycles. The van der Waals surface area contributed by atoms with Crippen molar-refractivity contribution in [2.75, 3.05) is 23.7 Å². The van der Waals surface area contributed by atoms with Gasteiger partial charge in [0.1, 0.15) is 6.17 Å². The highest BCUT2D eigenvalue weighted by molar-refractivity contribution is 5.75. The number of pyridine rings is 1. The molecule has 4 rings (SSSR count). The monoisotopic (exact) mass is 406 g/mol. The molecule has 1 aromatic heterocycles. The van der Waals surface area contributed by atoms with Gasteiger partial charge in [0.15, 0.2) is 0 Å². The number of para-hydroxylation sites is 2. The average Bonchev–Trinajstić information content (AvgIpc) is 3.17. The quantitative estimate of drug-likeness (QED) is 0.199. The van der Waals surface area contributed by atoms with Crippen LogP contribution in [0.3, 0.4) is 0 Å². The first-order valence-corrected chi connectivity index (χ1v) is 10.6. The van der Waals surface area contributed by atoms with Crippen molar-refractivity contribution in [1.82, 2.24) is 15.3 Å². The van der Waals surface area contributed by atoms with Gasteiger partial charge in [-0.15, -0.1) is 0 Å². The summed E-state index contributed by atoms with van der Waals surface area (Å²) >= 11 is 0. The summed E-state index contributed by atoms with van der Waals surface area (Å²) in [5.41, 5.74) is 12.6. The summed E-state index contributed by atoms with van der Waals surface area (Å²) in [6.45, 7) is 1.83. The standard InChI is InChI=1S/C22H30N8/c23-22(24)29-26-13-3-4-14-30(15-20-27-17-9-1-2-10-18(17)28-20)19-11-5-7-16-8-6-12-25-21(16)19/h1-2,6,8-10,12-13,19-20,27-28H,3-5,7,11,14-15H2,(H4,23,24,29)/b26-13+. The predicted octanol–water partition coefficient (Wildman–Crippen LogP) is 2.87. The van der Waals surface area contributed by atoms with Crippen LogP contribution in [-0.2, 0) is 6.42 Å². The van der Waals surface area contributed by atoms with E-state index in [2.05, 4.69) is 56.4 Å². The maximum Gasteiger partial charge on any atom is 0.206 e. The van der Waals surface area contributed by atoms with Crippen LogP contribution in [0.15, 0.2) is 47.7 Å². The first-order valence-electron chi connectivity index (χ1n) is 10.6. The number of hydrogen-bond acceptors (Lipinski definition) is 6. The number of hydrazone groups is 1. The Bertz CT molecular complexity index is 871. The van der Waals surface area contributed by atoms with E-state index in [1.54, 1.807) is 6.21 Å². The summed E-state index contributed by atoms with van der Waals surface area (Å²) < 4.78 is 0. The molecule has 1 aromatic carbocycles. The number of fused-ring (bicyclic) bond motifs is 2. The number of aryl methyl sites for hydroxylation is 1. The zero-order valence-corrected chi connectivity index (χ0v) is 17.1. The van der Waals surface area contributed by atoms with E-state index < -0.39 is 0 Å². The van der Waals surface area contributed by atoms with Crippen LogP contribution in [0, 0.1) is 5.41 Å². The van der Waals surface area contributed by atoms with Crippen LogP contribution >= 0.6 is 0 Å². The maximum atomic E-state index is 7.15. The SMILES string of the molecule is N=C(N)N/N=C/CCCN(CC1Nc2ccccc2N1)C1CCCc2cccnc21. The molecule has 2 heterocycles. The van der Waals surface area contributed by atoms with E-state index in [9.17, 15) is 0 Å². The third-order valence-electron chi connectivity index (χ3n) is 5.66. The molecule has 1 aliphatic heterocycles. The lowest BCUT2D eigenvalue weighted by molar-refractivity contribution is 0.170. The summed E-state index contributed by atoms with van der Waals surface area (Å²) in [6, 6.07) is 12.9. The molecule has 0 bridgehead atoms. The van der Waals surface area contributed by atoms with Crippen molar-refractivity contribution in [3.05, 3.63) is 53.9 Å². The highest BCUT2D eigenvalue weighted by Crippen LogP contribution is 2.34. The third kappa shape index (κ3) is 4.88. The minimum absolute atomic E-state index is 0.143. The Morgan fingerprint density at radius 3 is 2.83 bits per heavy atom. The van der Waals surface area contributed by atoms with E-state index in [0.29, 0.717) is 6.04 Å². The van der Waals surface area contributed by atoms with Crippen LogP contribution in [0.1, 0.15) is 43.0 Å². The summed E-state index contributed by atoms with van der Waals surface area (Å²) in [5, 5.41) is 18.3. The van der Waals surface area contributed by atoms with E-state index in [1.807, 2.05) is 12.3 Å². The Hall–Kier alpha value is -3.13. The van der Waals surface area contributed by atoms with Gasteiger partial charge in [-0.3, -0.25) is 15.3 Å². The highest BCUT2D eigenvalue weighted by atomic mass is 15.3. The molecular weight excluding hydrogens is 376 g/mol. The topological polar surface area (TPSA) is 114 Å². The zero-order chi connectivity index (χ0) is 20.8. The second kappa shape index (κ2) is 9.58. The molecule has 30 heavy (non-hydrogen) atoms. The summed E-state index contributed by atoms with van der Waals surface area (Å²) in [4.78, 5) is 7.31. The van der Waals surface area contributed by atoms with E-state index in [1.165, 1.54) is 17.7 Å². The molecule has 8 nitrogen and oxygen atoms in total. The van der Waals surface area contributed by atoms with Crippen molar-refractivity contribution >= 4 is 23.5 Å². The smallest absolute Gasteiger partial charge is 0.206 e. The molecule has 8 heteroatoms. The van der Waals surface area contributed by atoms with Crippen LogP contribution in [0.4, 0.5) is 11.4 Å². The molecule has 0 radical (unpaired) electrons. The predicted molar refractivity (Wildman–Crippen MR) is 122 cm³/mol. The molecule has 0 fully saturated rings. The van der Waals surface area contributed by atoms with Crippen molar-refractivity contribution in [2.24, 2.45) is 10.8 Å². The second-order valence-corrected chi connectivity index (χ2v) is 7.82. The molecule has 0 amide bonds. The van der Waals surface area contributed by atoms with Gasteiger partial charge in [0.25, 0.3) is 0 Å². The lowest BCUT2D eigenvalue weighted by Gasteiger charge is -2.36. The number of hydrogen-bond donors (Lipinski definition) is 5. The Kier molecular flexibility index (Phi) is 6.44. The van der Waals surface area contributed by atoms with Crippen molar-refractivity contribution in [3.8, 4) is 0 Å². The minimum Gasteiger partial charge on any atom is -0.369 e. The summed E-state index contributed by atoms with van der Waals surface area (Å²) in [7, 11) is 0. The van der Waals surface area contributed by atoms with Gasteiger partial charge in [-0.1, -0.05) is 18.2 Å². The van der Waals surface area contributed by atoms with Crippen molar-refractivity contribution < 1.29 is 0 Å². The largest absolute Gasteiger partial charge is 0.369 e. The summed E-state index contributed by atoms with van der Waals surface area (Å²) in [6.07, 6.45) is 9.10. The number of nitrogens with zero attached hydrogens (tertiary/aromatic N) is 3. The zero-order valence-electron chi connectivity index (χ0n) is 17.1. The molecule has 2 aromatic rings. The van der Waals surface area contributed by atoms with Crippen LogP contribution in [0.25, 0.3) is 0 Å². The fourth-order valence-corrected chi connectivity index (χ4v) is 4.35. The maximum absolute atomic E-state index is 7.15. The number of unbranched alkanes of at least 4 members (excludes halogenated alkanes) is 1. The Balaban J connectivity index is 1.43. The molecule has 0 saturated carbocycles. The van der Waals surface area contributed by atoms with Gasteiger partial charge in [-0.05, 0) is 62.4 Å². The van der Waals surface area contributed by atoms with E-state index >= 15 is 0 Å². The molecule has 158 valence electrons. The lowest BCUT2D eigenvalue weighted by atomic mass is 9.90. The van der Waals surface area contributed by atoms with Crippen LogP contribution in [0.2, 0.25) is 0 Å². The number of guanidine groups is 1. The minimum atomic E-state index is -0.143. The molecular formula is C22H30N8. The van der Waals surface area contributed by atoms with Crippen LogP contribution in [0.5, 0.6) is 0 Å². The van der Waals surface area contributed by atoms with Gasteiger partial charge in [-0.25, -0.2) is 5.43 Å². The van der Waals surface area contributed by atoms with Gasteiger partial charge < -0.3 is 16.4 Å². The number of benzene rings is 1. The fourth-order valence-electron chi connectivity index (χ4n) is 4.35. The van der Waals surface area contributed by atoms with Gasteiger partial charge in [0.2, 0.25) is 5.96 Å². The average molecular weight is 407 g/mol. The second-order valence-electron chi connectivity index (χ2n) is 7.82.